The fourth-order valence-electron chi connectivity index (χ4n) is 1.69. The van der Waals surface area contributed by atoms with Crippen LogP contribution in [0.5, 0.6) is 0 Å². The largest absolute Gasteiger partial charge is 0.394 e. The summed E-state index contributed by atoms with van der Waals surface area (Å²) in [6, 6.07) is 10.1. The van der Waals surface area contributed by atoms with E-state index in [1.165, 1.54) is 0 Å². The molecule has 1 fully saturated rings. The van der Waals surface area contributed by atoms with E-state index in [0.717, 1.165) is 12.2 Å². The first-order valence-corrected chi connectivity index (χ1v) is 5.88. The molecular weight excluding hydrogens is 220 g/mol. The van der Waals surface area contributed by atoms with E-state index in [0.29, 0.717) is 19.8 Å². The smallest absolute Gasteiger partial charge is 0.111 e. The molecule has 0 amide bonds. The zero-order valence-corrected chi connectivity index (χ0v) is 9.75. The van der Waals surface area contributed by atoms with Gasteiger partial charge in [0.05, 0.1) is 33.0 Å². The van der Waals surface area contributed by atoms with Gasteiger partial charge in [0, 0.05) is 0 Å². The van der Waals surface area contributed by atoms with Crippen molar-refractivity contribution < 1.29 is 19.3 Å². The third-order valence-electron chi connectivity index (χ3n) is 2.59. The van der Waals surface area contributed by atoms with Crippen molar-refractivity contribution in [1.82, 2.24) is 0 Å². The molecule has 1 saturated heterocycles. The third-order valence-corrected chi connectivity index (χ3v) is 2.59. The number of aliphatic hydroxyl groups excluding tert-OH is 1. The van der Waals surface area contributed by atoms with E-state index in [2.05, 4.69) is 0 Å². The fraction of sp³-hybridized carbons (Fsp3) is 0.538. The number of benzene rings is 1. The Bertz CT molecular complexity index is 310. The molecule has 94 valence electrons. The van der Waals surface area contributed by atoms with Gasteiger partial charge in [0.2, 0.25) is 0 Å². The summed E-state index contributed by atoms with van der Waals surface area (Å²) in [5.74, 6) is 0. The predicted octanol–water partition coefficient (Wildman–Crippen LogP) is 1.15. The second-order valence-electron chi connectivity index (χ2n) is 3.91. The van der Waals surface area contributed by atoms with E-state index in [1.54, 1.807) is 0 Å². The second kappa shape index (κ2) is 6.71. The van der Waals surface area contributed by atoms with Crippen LogP contribution >= 0.6 is 0 Å². The highest BCUT2D eigenvalue weighted by molar-refractivity contribution is 5.19. The summed E-state index contributed by atoms with van der Waals surface area (Å²) >= 11 is 0. The van der Waals surface area contributed by atoms with Crippen molar-refractivity contribution in [2.45, 2.75) is 12.2 Å². The lowest BCUT2D eigenvalue weighted by atomic mass is 10.1. The Kier molecular flexibility index (Phi) is 4.94. The first-order valence-electron chi connectivity index (χ1n) is 5.88. The van der Waals surface area contributed by atoms with Gasteiger partial charge in [-0.3, -0.25) is 0 Å². The maximum absolute atomic E-state index is 8.57. The molecule has 0 saturated carbocycles. The molecule has 0 radical (unpaired) electrons. The minimum atomic E-state index is -0.00562. The predicted molar refractivity (Wildman–Crippen MR) is 62.8 cm³/mol. The minimum Gasteiger partial charge on any atom is -0.394 e. The van der Waals surface area contributed by atoms with Gasteiger partial charge < -0.3 is 19.3 Å². The van der Waals surface area contributed by atoms with Crippen molar-refractivity contribution in [3.05, 3.63) is 35.9 Å². The molecule has 1 aromatic rings. The highest BCUT2D eigenvalue weighted by atomic mass is 16.6. The number of ether oxygens (including phenoxy) is 3. The Morgan fingerprint density at radius 2 is 2.00 bits per heavy atom. The van der Waals surface area contributed by atoms with Crippen molar-refractivity contribution in [3.63, 3.8) is 0 Å². The Morgan fingerprint density at radius 1 is 1.24 bits per heavy atom. The van der Waals surface area contributed by atoms with Crippen molar-refractivity contribution in [2.75, 3.05) is 33.0 Å². The first-order chi connectivity index (χ1) is 8.42. The Labute approximate surface area is 101 Å². The van der Waals surface area contributed by atoms with E-state index in [-0.39, 0.29) is 18.8 Å². The molecule has 0 aliphatic carbocycles. The Morgan fingerprint density at radius 3 is 2.65 bits per heavy atom. The van der Waals surface area contributed by atoms with Gasteiger partial charge in [0.25, 0.3) is 0 Å². The molecule has 1 N–H and O–H groups in total. The molecule has 17 heavy (non-hydrogen) atoms. The average molecular weight is 238 g/mol. The van der Waals surface area contributed by atoms with Gasteiger partial charge >= 0.3 is 0 Å². The van der Waals surface area contributed by atoms with Gasteiger partial charge in [0.15, 0.2) is 0 Å². The van der Waals surface area contributed by atoms with Gasteiger partial charge in [-0.25, -0.2) is 0 Å². The molecule has 4 heteroatoms. The molecule has 0 bridgehead atoms. The summed E-state index contributed by atoms with van der Waals surface area (Å²) in [5, 5.41) is 8.57. The van der Waals surface area contributed by atoms with Gasteiger partial charge in [-0.15, -0.1) is 0 Å². The zero-order chi connectivity index (χ0) is 11.9. The quantitative estimate of drug-likeness (QED) is 0.545. The van der Waals surface area contributed by atoms with Crippen LogP contribution in [0.4, 0.5) is 0 Å². The standard InChI is InChI=1S/C13H18O4/c14-6-7-15-8-9-16-13(12-10-17-12)11-4-2-1-3-5-11/h1-5,12-14H,6-10H2. The Balaban J connectivity index is 1.78. The molecular formula is C13H18O4. The highest BCUT2D eigenvalue weighted by Crippen LogP contribution is 2.30. The van der Waals surface area contributed by atoms with Gasteiger partial charge in [-0.2, -0.15) is 0 Å². The summed E-state index contributed by atoms with van der Waals surface area (Å²) in [5.41, 5.74) is 1.14. The molecule has 0 aromatic heterocycles. The van der Waals surface area contributed by atoms with E-state index < -0.39 is 0 Å². The van der Waals surface area contributed by atoms with Crippen LogP contribution in [0.2, 0.25) is 0 Å². The number of epoxide rings is 1. The van der Waals surface area contributed by atoms with Crippen LogP contribution in [-0.2, 0) is 14.2 Å². The summed E-state index contributed by atoms with van der Waals surface area (Å²) in [4.78, 5) is 0. The van der Waals surface area contributed by atoms with E-state index >= 15 is 0 Å². The summed E-state index contributed by atoms with van der Waals surface area (Å²) < 4.78 is 16.2. The number of hydrogen-bond acceptors (Lipinski definition) is 4. The fourth-order valence-corrected chi connectivity index (χ4v) is 1.69. The molecule has 2 rings (SSSR count). The number of hydrogen-bond donors (Lipinski definition) is 1. The molecule has 1 aliphatic rings. The lowest BCUT2D eigenvalue weighted by molar-refractivity contribution is -0.0137. The van der Waals surface area contributed by atoms with Crippen molar-refractivity contribution in [3.8, 4) is 0 Å². The lowest BCUT2D eigenvalue weighted by Crippen LogP contribution is -2.15. The molecule has 1 heterocycles. The monoisotopic (exact) mass is 238 g/mol. The van der Waals surface area contributed by atoms with E-state index in [9.17, 15) is 0 Å². The van der Waals surface area contributed by atoms with Crippen LogP contribution in [0.3, 0.4) is 0 Å². The maximum atomic E-state index is 8.57. The normalized spacial score (nSPS) is 20.2. The van der Waals surface area contributed by atoms with Crippen molar-refractivity contribution in [2.24, 2.45) is 0 Å². The Hall–Kier alpha value is -0.940. The van der Waals surface area contributed by atoms with E-state index in [1.807, 2.05) is 30.3 Å². The number of rotatable bonds is 8. The molecule has 2 unspecified atom stereocenters. The van der Waals surface area contributed by atoms with Gasteiger partial charge in [-0.05, 0) is 5.56 Å². The van der Waals surface area contributed by atoms with Crippen LogP contribution in [-0.4, -0.2) is 44.2 Å². The topological polar surface area (TPSA) is 51.2 Å². The SMILES string of the molecule is OCCOCCOC(c1ccccc1)C1CO1. The van der Waals surface area contributed by atoms with Crippen LogP contribution in [0.1, 0.15) is 11.7 Å². The van der Waals surface area contributed by atoms with Gasteiger partial charge in [-0.1, -0.05) is 30.3 Å². The maximum Gasteiger partial charge on any atom is 0.111 e. The van der Waals surface area contributed by atoms with E-state index in [4.69, 9.17) is 19.3 Å². The van der Waals surface area contributed by atoms with Gasteiger partial charge in [0.1, 0.15) is 12.2 Å². The van der Waals surface area contributed by atoms with Crippen LogP contribution in [0.25, 0.3) is 0 Å². The summed E-state index contributed by atoms with van der Waals surface area (Å²) in [7, 11) is 0. The molecule has 0 spiro atoms. The van der Waals surface area contributed by atoms with Crippen LogP contribution in [0, 0.1) is 0 Å². The third kappa shape index (κ3) is 4.09. The molecule has 1 aromatic carbocycles. The molecule has 2 atom stereocenters. The van der Waals surface area contributed by atoms with Crippen LogP contribution in [0.15, 0.2) is 30.3 Å². The summed E-state index contributed by atoms with van der Waals surface area (Å²) in [6.07, 6.45) is 0.171. The molecule has 1 aliphatic heterocycles. The van der Waals surface area contributed by atoms with Crippen molar-refractivity contribution >= 4 is 0 Å². The van der Waals surface area contributed by atoms with Crippen LogP contribution < -0.4 is 0 Å². The highest BCUT2D eigenvalue weighted by Gasteiger charge is 2.34. The average Bonchev–Trinajstić information content (AvgIpc) is 3.19. The van der Waals surface area contributed by atoms with Crippen molar-refractivity contribution in [1.29, 1.82) is 0 Å². The lowest BCUT2D eigenvalue weighted by Gasteiger charge is -2.16. The second-order valence-corrected chi connectivity index (χ2v) is 3.91. The number of aliphatic hydroxyl groups is 1. The first kappa shape index (κ1) is 12.5. The zero-order valence-electron chi connectivity index (χ0n) is 9.75. The minimum absolute atomic E-state index is 0.00562. The summed E-state index contributed by atoms with van der Waals surface area (Å²) in [6.45, 7) is 2.18. The molecule has 4 nitrogen and oxygen atoms in total.